The SMILES string of the molecule is CCOc1ccc(NC(=O)c2cnc(NC)cn2)cn1. The van der Waals surface area contributed by atoms with Gasteiger partial charge in [0.2, 0.25) is 5.88 Å². The maximum absolute atomic E-state index is 11.9. The first-order chi connectivity index (χ1) is 9.72. The number of nitrogens with zero attached hydrogens (tertiary/aromatic N) is 3. The molecule has 2 aromatic heterocycles. The zero-order valence-corrected chi connectivity index (χ0v) is 11.3. The Kier molecular flexibility index (Phi) is 4.43. The van der Waals surface area contributed by atoms with Gasteiger partial charge in [-0.15, -0.1) is 0 Å². The summed E-state index contributed by atoms with van der Waals surface area (Å²) in [5, 5.41) is 5.52. The highest BCUT2D eigenvalue weighted by atomic mass is 16.5. The standard InChI is InChI=1S/C13H15N5O2/c1-3-20-12-5-4-9(6-17-12)18-13(19)10-7-16-11(14-2)8-15-10/h4-8H,3H2,1-2H3,(H,14,16)(H,18,19). The molecule has 0 aliphatic carbocycles. The molecule has 0 radical (unpaired) electrons. The van der Waals surface area contributed by atoms with Gasteiger partial charge in [0, 0.05) is 13.1 Å². The molecule has 0 aromatic carbocycles. The minimum absolute atomic E-state index is 0.234. The largest absolute Gasteiger partial charge is 0.478 e. The molecule has 2 N–H and O–H groups in total. The van der Waals surface area contributed by atoms with Gasteiger partial charge in [-0.3, -0.25) is 4.79 Å². The number of rotatable bonds is 5. The molecule has 0 aliphatic rings. The molecule has 2 rings (SSSR count). The Morgan fingerprint density at radius 1 is 1.20 bits per heavy atom. The lowest BCUT2D eigenvalue weighted by Gasteiger charge is -2.06. The average Bonchev–Trinajstić information content (AvgIpc) is 2.49. The van der Waals surface area contributed by atoms with Gasteiger partial charge in [-0.1, -0.05) is 0 Å². The summed E-state index contributed by atoms with van der Waals surface area (Å²) in [6.07, 6.45) is 4.42. The van der Waals surface area contributed by atoms with Crippen LogP contribution in [-0.2, 0) is 0 Å². The predicted octanol–water partition coefficient (Wildman–Crippen LogP) is 1.56. The Labute approximate surface area is 116 Å². The summed E-state index contributed by atoms with van der Waals surface area (Å²) in [7, 11) is 1.73. The Morgan fingerprint density at radius 3 is 2.60 bits per heavy atom. The van der Waals surface area contributed by atoms with Crippen molar-refractivity contribution in [3.8, 4) is 5.88 Å². The summed E-state index contributed by atoms with van der Waals surface area (Å²) >= 11 is 0. The Bertz CT molecular complexity index is 568. The second kappa shape index (κ2) is 6.46. The van der Waals surface area contributed by atoms with Crippen molar-refractivity contribution < 1.29 is 9.53 Å². The van der Waals surface area contributed by atoms with E-state index in [0.29, 0.717) is 24.0 Å². The third-order valence-electron chi connectivity index (χ3n) is 2.43. The average molecular weight is 273 g/mol. The molecule has 0 unspecified atom stereocenters. The lowest BCUT2D eigenvalue weighted by atomic mass is 10.3. The highest BCUT2D eigenvalue weighted by Gasteiger charge is 2.08. The smallest absolute Gasteiger partial charge is 0.275 e. The van der Waals surface area contributed by atoms with E-state index in [-0.39, 0.29) is 11.6 Å². The summed E-state index contributed by atoms with van der Waals surface area (Å²) in [5.41, 5.74) is 0.802. The second-order valence-corrected chi connectivity index (χ2v) is 3.81. The van der Waals surface area contributed by atoms with Gasteiger partial charge in [0.15, 0.2) is 0 Å². The molecule has 0 saturated heterocycles. The Morgan fingerprint density at radius 2 is 2.05 bits per heavy atom. The molecule has 7 heteroatoms. The van der Waals surface area contributed by atoms with Crippen LogP contribution in [0.5, 0.6) is 5.88 Å². The first-order valence-corrected chi connectivity index (χ1v) is 6.13. The van der Waals surface area contributed by atoms with Crippen LogP contribution in [0.15, 0.2) is 30.7 Å². The summed E-state index contributed by atoms with van der Waals surface area (Å²) in [5.74, 6) is 0.777. The molecule has 20 heavy (non-hydrogen) atoms. The lowest BCUT2D eigenvalue weighted by Crippen LogP contribution is -2.14. The fraction of sp³-hybridized carbons (Fsp3) is 0.231. The summed E-state index contributed by atoms with van der Waals surface area (Å²) in [6, 6.07) is 3.40. The summed E-state index contributed by atoms with van der Waals surface area (Å²) in [4.78, 5) is 24.0. The molecule has 0 spiro atoms. The van der Waals surface area contributed by atoms with Crippen molar-refractivity contribution in [2.75, 3.05) is 24.3 Å². The number of pyridine rings is 1. The van der Waals surface area contributed by atoms with E-state index in [1.165, 1.54) is 18.6 Å². The number of ether oxygens (including phenoxy) is 1. The lowest BCUT2D eigenvalue weighted by molar-refractivity contribution is 0.102. The second-order valence-electron chi connectivity index (χ2n) is 3.81. The number of hydrogen-bond donors (Lipinski definition) is 2. The highest BCUT2D eigenvalue weighted by Crippen LogP contribution is 2.12. The molecule has 1 amide bonds. The van der Waals surface area contributed by atoms with E-state index in [9.17, 15) is 4.79 Å². The van der Waals surface area contributed by atoms with Gasteiger partial charge >= 0.3 is 0 Å². The van der Waals surface area contributed by atoms with Crippen LogP contribution in [0, 0.1) is 0 Å². The van der Waals surface area contributed by atoms with Gasteiger partial charge in [-0.25, -0.2) is 15.0 Å². The fourth-order valence-electron chi connectivity index (χ4n) is 1.46. The van der Waals surface area contributed by atoms with Crippen molar-refractivity contribution in [2.24, 2.45) is 0 Å². The van der Waals surface area contributed by atoms with Crippen LogP contribution in [0.3, 0.4) is 0 Å². The molecule has 0 saturated carbocycles. The molecule has 2 aromatic rings. The summed E-state index contributed by atoms with van der Waals surface area (Å²) in [6.45, 7) is 2.43. The van der Waals surface area contributed by atoms with E-state index in [2.05, 4.69) is 25.6 Å². The van der Waals surface area contributed by atoms with E-state index in [1.807, 2.05) is 6.92 Å². The first-order valence-electron chi connectivity index (χ1n) is 6.13. The van der Waals surface area contributed by atoms with Gasteiger partial charge in [0.05, 0.1) is 30.9 Å². The topological polar surface area (TPSA) is 89.0 Å². The van der Waals surface area contributed by atoms with Gasteiger partial charge < -0.3 is 15.4 Å². The quantitative estimate of drug-likeness (QED) is 0.859. The third-order valence-corrected chi connectivity index (χ3v) is 2.43. The summed E-state index contributed by atoms with van der Waals surface area (Å²) < 4.78 is 5.22. The minimum Gasteiger partial charge on any atom is -0.478 e. The maximum atomic E-state index is 11.9. The number of amides is 1. The number of carbonyl (C=O) groups is 1. The number of anilines is 2. The molecule has 0 fully saturated rings. The zero-order chi connectivity index (χ0) is 14.4. The van der Waals surface area contributed by atoms with Crippen molar-refractivity contribution in [3.05, 3.63) is 36.4 Å². The van der Waals surface area contributed by atoms with Crippen molar-refractivity contribution in [2.45, 2.75) is 6.92 Å². The molecule has 0 aliphatic heterocycles. The molecule has 2 heterocycles. The first kappa shape index (κ1) is 13.7. The van der Waals surface area contributed by atoms with Crippen LogP contribution < -0.4 is 15.4 Å². The molecular weight excluding hydrogens is 258 g/mol. The van der Waals surface area contributed by atoms with Gasteiger partial charge in [0.1, 0.15) is 11.5 Å². The molecule has 104 valence electrons. The number of nitrogens with one attached hydrogen (secondary N) is 2. The van der Waals surface area contributed by atoms with Crippen molar-refractivity contribution in [1.82, 2.24) is 15.0 Å². The molecule has 7 nitrogen and oxygen atoms in total. The van der Waals surface area contributed by atoms with Gasteiger partial charge in [0.25, 0.3) is 5.91 Å². The number of hydrogen-bond acceptors (Lipinski definition) is 6. The number of aromatic nitrogens is 3. The van der Waals surface area contributed by atoms with Crippen molar-refractivity contribution >= 4 is 17.4 Å². The maximum Gasteiger partial charge on any atom is 0.275 e. The van der Waals surface area contributed by atoms with Crippen LogP contribution in [0.2, 0.25) is 0 Å². The van der Waals surface area contributed by atoms with E-state index in [0.717, 1.165) is 0 Å². The van der Waals surface area contributed by atoms with Crippen LogP contribution in [0.25, 0.3) is 0 Å². The zero-order valence-electron chi connectivity index (χ0n) is 11.3. The highest BCUT2D eigenvalue weighted by molar-refractivity contribution is 6.02. The molecular formula is C13H15N5O2. The molecule has 0 atom stereocenters. The number of carbonyl (C=O) groups excluding carboxylic acids is 1. The Balaban J connectivity index is 2.02. The fourth-order valence-corrected chi connectivity index (χ4v) is 1.46. The van der Waals surface area contributed by atoms with Crippen molar-refractivity contribution in [3.63, 3.8) is 0 Å². The molecule has 0 bridgehead atoms. The van der Waals surface area contributed by atoms with Crippen LogP contribution in [0.4, 0.5) is 11.5 Å². The third kappa shape index (κ3) is 3.41. The van der Waals surface area contributed by atoms with E-state index >= 15 is 0 Å². The van der Waals surface area contributed by atoms with E-state index < -0.39 is 0 Å². The Hall–Kier alpha value is -2.70. The van der Waals surface area contributed by atoms with Gasteiger partial charge in [-0.2, -0.15) is 0 Å². The van der Waals surface area contributed by atoms with E-state index in [1.54, 1.807) is 19.2 Å². The van der Waals surface area contributed by atoms with Crippen LogP contribution in [0.1, 0.15) is 17.4 Å². The van der Waals surface area contributed by atoms with Crippen molar-refractivity contribution in [1.29, 1.82) is 0 Å². The normalized spacial score (nSPS) is 9.90. The minimum atomic E-state index is -0.342. The van der Waals surface area contributed by atoms with Gasteiger partial charge in [-0.05, 0) is 13.0 Å². The monoisotopic (exact) mass is 273 g/mol. The van der Waals surface area contributed by atoms with Crippen LogP contribution in [-0.4, -0.2) is 34.5 Å². The predicted molar refractivity (Wildman–Crippen MR) is 74.9 cm³/mol. The van der Waals surface area contributed by atoms with E-state index in [4.69, 9.17) is 4.74 Å². The van der Waals surface area contributed by atoms with Crippen LogP contribution >= 0.6 is 0 Å².